The number of rotatable bonds is 2. The molecule has 1 atom stereocenters. The number of carboxylic acids is 1. The second-order valence-corrected chi connectivity index (χ2v) is 4.69. The fraction of sp³-hybridized carbons (Fsp3) is 0.286. The van der Waals surface area contributed by atoms with Gasteiger partial charge in [-0.2, -0.15) is 0 Å². The summed E-state index contributed by atoms with van der Waals surface area (Å²) in [5.74, 6) is -1.40. The van der Waals surface area contributed by atoms with E-state index in [1.807, 2.05) is 18.2 Å². The molecule has 1 unspecified atom stereocenters. The first-order valence-electron chi connectivity index (χ1n) is 6.50. The number of hydrogen-bond donors (Lipinski definition) is 1. The molecule has 7 nitrogen and oxygen atoms in total. The van der Waals surface area contributed by atoms with Crippen LogP contribution in [0, 0.1) is 0 Å². The largest absolute Gasteiger partial charge is 0.479 e. The molecule has 0 saturated carbocycles. The Morgan fingerprint density at radius 2 is 2.05 bits per heavy atom. The first kappa shape index (κ1) is 13.4. The highest BCUT2D eigenvalue weighted by Gasteiger charge is 2.30. The molecule has 7 heteroatoms. The summed E-state index contributed by atoms with van der Waals surface area (Å²) in [6.45, 7) is 0.559. The first-order chi connectivity index (χ1) is 10.1. The van der Waals surface area contributed by atoms with Crippen LogP contribution in [0.25, 0.3) is 11.0 Å². The monoisotopic (exact) mass is 287 g/mol. The molecular weight excluding hydrogens is 274 g/mol. The normalized spacial score (nSPS) is 18.7. The van der Waals surface area contributed by atoms with Crippen molar-refractivity contribution in [1.82, 2.24) is 14.9 Å². The molecule has 21 heavy (non-hydrogen) atoms. The maximum atomic E-state index is 12.4. The lowest BCUT2D eigenvalue weighted by Crippen LogP contribution is -2.48. The van der Waals surface area contributed by atoms with E-state index in [0.29, 0.717) is 17.6 Å². The zero-order valence-electron chi connectivity index (χ0n) is 11.1. The van der Waals surface area contributed by atoms with E-state index in [-0.39, 0.29) is 24.8 Å². The summed E-state index contributed by atoms with van der Waals surface area (Å²) in [4.78, 5) is 33.2. The molecule has 0 spiro atoms. The van der Waals surface area contributed by atoms with E-state index < -0.39 is 12.1 Å². The molecule has 0 aliphatic carbocycles. The molecule has 1 amide bonds. The molecule has 1 aliphatic heterocycles. The minimum absolute atomic E-state index is 0.0165. The Morgan fingerprint density at radius 1 is 1.29 bits per heavy atom. The average Bonchev–Trinajstić information content (AvgIpc) is 2.53. The number of carbonyl (C=O) groups is 2. The summed E-state index contributed by atoms with van der Waals surface area (Å²) in [6, 6.07) is 7.25. The number of aliphatic carboxylic acids is 1. The number of carbonyl (C=O) groups excluding carboxylic acids is 1. The van der Waals surface area contributed by atoms with Crippen LogP contribution in [0.5, 0.6) is 0 Å². The minimum atomic E-state index is -1.07. The Balaban J connectivity index is 1.84. The predicted octanol–water partition coefficient (Wildman–Crippen LogP) is 0.555. The third kappa shape index (κ3) is 2.68. The molecule has 1 aliphatic rings. The van der Waals surface area contributed by atoms with Gasteiger partial charge < -0.3 is 14.7 Å². The van der Waals surface area contributed by atoms with Gasteiger partial charge in [0, 0.05) is 6.54 Å². The minimum Gasteiger partial charge on any atom is -0.479 e. The number of ether oxygens (including phenoxy) is 1. The molecule has 1 saturated heterocycles. The molecule has 1 aromatic heterocycles. The van der Waals surface area contributed by atoms with E-state index in [4.69, 9.17) is 9.84 Å². The lowest BCUT2D eigenvalue weighted by molar-refractivity contribution is -0.154. The summed E-state index contributed by atoms with van der Waals surface area (Å²) in [7, 11) is 0. The van der Waals surface area contributed by atoms with Crippen molar-refractivity contribution in [2.75, 3.05) is 19.7 Å². The summed E-state index contributed by atoms with van der Waals surface area (Å²) >= 11 is 0. The van der Waals surface area contributed by atoms with Crippen LogP contribution in [-0.2, 0) is 9.53 Å². The topological polar surface area (TPSA) is 92.6 Å². The van der Waals surface area contributed by atoms with Crippen LogP contribution in [0.15, 0.2) is 30.5 Å². The standard InChI is InChI=1S/C14H13N3O4/c18-13(17-5-6-21-12(8-17)14(19)20)11-7-15-9-3-1-2-4-10(9)16-11/h1-4,7,12H,5-6,8H2,(H,19,20). The fourth-order valence-corrected chi connectivity index (χ4v) is 2.21. The highest BCUT2D eigenvalue weighted by atomic mass is 16.5. The Labute approximate surface area is 120 Å². The van der Waals surface area contributed by atoms with E-state index in [9.17, 15) is 9.59 Å². The van der Waals surface area contributed by atoms with Crippen LogP contribution in [0.3, 0.4) is 0 Å². The molecule has 1 fully saturated rings. The molecule has 3 rings (SSSR count). The van der Waals surface area contributed by atoms with E-state index in [1.165, 1.54) is 11.1 Å². The van der Waals surface area contributed by atoms with Crippen LogP contribution >= 0.6 is 0 Å². The molecular formula is C14H13N3O4. The second kappa shape index (κ2) is 5.45. The third-order valence-corrected chi connectivity index (χ3v) is 3.30. The predicted molar refractivity (Wildman–Crippen MR) is 72.8 cm³/mol. The van der Waals surface area contributed by atoms with E-state index in [2.05, 4.69) is 9.97 Å². The van der Waals surface area contributed by atoms with Gasteiger partial charge in [-0.3, -0.25) is 9.78 Å². The number of benzene rings is 1. The SMILES string of the molecule is O=C(O)C1CN(C(=O)c2cnc3ccccc3n2)CCO1. The van der Waals surface area contributed by atoms with Gasteiger partial charge in [-0.1, -0.05) is 12.1 Å². The second-order valence-electron chi connectivity index (χ2n) is 4.69. The van der Waals surface area contributed by atoms with Crippen molar-refractivity contribution in [2.45, 2.75) is 6.10 Å². The molecule has 1 aromatic carbocycles. The molecule has 1 N–H and O–H groups in total. The van der Waals surface area contributed by atoms with Gasteiger partial charge in [0.15, 0.2) is 6.10 Å². The van der Waals surface area contributed by atoms with Gasteiger partial charge in [-0.25, -0.2) is 9.78 Å². The number of hydrogen-bond acceptors (Lipinski definition) is 5. The van der Waals surface area contributed by atoms with Gasteiger partial charge in [-0.15, -0.1) is 0 Å². The van der Waals surface area contributed by atoms with Gasteiger partial charge in [0.2, 0.25) is 0 Å². The van der Waals surface area contributed by atoms with Crippen molar-refractivity contribution in [3.05, 3.63) is 36.2 Å². The van der Waals surface area contributed by atoms with E-state index in [0.717, 1.165) is 0 Å². The van der Waals surface area contributed by atoms with Crippen LogP contribution in [0.2, 0.25) is 0 Å². The summed E-state index contributed by atoms with van der Waals surface area (Å²) in [6.07, 6.45) is 0.423. The smallest absolute Gasteiger partial charge is 0.334 e. The van der Waals surface area contributed by atoms with Gasteiger partial charge in [0.05, 0.1) is 30.4 Å². The molecule has 2 aromatic rings. The van der Waals surface area contributed by atoms with Crippen molar-refractivity contribution in [2.24, 2.45) is 0 Å². The lowest BCUT2D eigenvalue weighted by atomic mass is 10.2. The number of aromatic nitrogens is 2. The summed E-state index contributed by atoms with van der Waals surface area (Å²) < 4.78 is 5.10. The first-order valence-corrected chi connectivity index (χ1v) is 6.50. The fourth-order valence-electron chi connectivity index (χ4n) is 2.21. The number of nitrogens with zero attached hydrogens (tertiary/aromatic N) is 3. The Morgan fingerprint density at radius 3 is 2.81 bits per heavy atom. The number of morpholine rings is 1. The number of fused-ring (bicyclic) bond motifs is 1. The average molecular weight is 287 g/mol. The quantitative estimate of drug-likeness (QED) is 0.867. The van der Waals surface area contributed by atoms with Crippen molar-refractivity contribution in [3.8, 4) is 0 Å². The third-order valence-electron chi connectivity index (χ3n) is 3.30. The molecule has 0 bridgehead atoms. The van der Waals surface area contributed by atoms with Gasteiger partial charge in [0.25, 0.3) is 5.91 Å². The van der Waals surface area contributed by atoms with Crippen molar-refractivity contribution < 1.29 is 19.4 Å². The highest BCUT2D eigenvalue weighted by Crippen LogP contribution is 2.12. The van der Waals surface area contributed by atoms with Crippen molar-refractivity contribution in [1.29, 1.82) is 0 Å². The zero-order chi connectivity index (χ0) is 14.8. The Hall–Kier alpha value is -2.54. The van der Waals surface area contributed by atoms with Gasteiger partial charge in [-0.05, 0) is 12.1 Å². The molecule has 108 valence electrons. The van der Waals surface area contributed by atoms with Crippen molar-refractivity contribution >= 4 is 22.9 Å². The molecule has 2 heterocycles. The van der Waals surface area contributed by atoms with Crippen LogP contribution in [0.4, 0.5) is 0 Å². The van der Waals surface area contributed by atoms with E-state index >= 15 is 0 Å². The molecule has 0 radical (unpaired) electrons. The van der Waals surface area contributed by atoms with Crippen LogP contribution < -0.4 is 0 Å². The Kier molecular flexibility index (Phi) is 3.49. The zero-order valence-corrected chi connectivity index (χ0v) is 11.1. The number of para-hydroxylation sites is 2. The highest BCUT2D eigenvalue weighted by molar-refractivity contribution is 5.94. The van der Waals surface area contributed by atoms with E-state index in [1.54, 1.807) is 6.07 Å². The number of carboxylic acid groups (broad SMARTS) is 1. The number of amides is 1. The Bertz CT molecular complexity index is 703. The summed E-state index contributed by atoms with van der Waals surface area (Å²) in [5, 5.41) is 8.96. The maximum Gasteiger partial charge on any atom is 0.334 e. The van der Waals surface area contributed by atoms with Gasteiger partial charge >= 0.3 is 5.97 Å². The summed E-state index contributed by atoms with van der Waals surface area (Å²) in [5.41, 5.74) is 1.55. The van der Waals surface area contributed by atoms with Crippen molar-refractivity contribution in [3.63, 3.8) is 0 Å². The maximum absolute atomic E-state index is 12.4. The lowest BCUT2D eigenvalue weighted by Gasteiger charge is -2.30. The van der Waals surface area contributed by atoms with Crippen LogP contribution in [-0.4, -0.2) is 57.7 Å². The van der Waals surface area contributed by atoms with Gasteiger partial charge in [0.1, 0.15) is 5.69 Å². The van der Waals surface area contributed by atoms with Crippen LogP contribution in [0.1, 0.15) is 10.5 Å².